The molecule has 3 nitrogen and oxygen atoms in total. The number of benzene rings is 1. The van der Waals surface area contributed by atoms with Crippen molar-refractivity contribution in [1.29, 1.82) is 0 Å². The molecule has 0 spiro atoms. The van der Waals surface area contributed by atoms with Crippen molar-refractivity contribution in [2.24, 2.45) is 0 Å². The Balaban J connectivity index is 2.91. The maximum absolute atomic E-state index is 12.2. The highest BCUT2D eigenvalue weighted by Gasteiger charge is 2.16. The Morgan fingerprint density at radius 2 is 2.00 bits per heavy atom. The molecule has 0 amide bonds. The van der Waals surface area contributed by atoms with Gasteiger partial charge in [-0.05, 0) is 13.1 Å². The van der Waals surface area contributed by atoms with Gasteiger partial charge < -0.3 is 14.8 Å². The number of hydrogen-bond acceptors (Lipinski definition) is 3. The quantitative estimate of drug-likeness (QED) is 0.814. The average Bonchev–Trinajstić information content (AvgIpc) is 2.26. The van der Waals surface area contributed by atoms with Crippen molar-refractivity contribution in [2.75, 3.05) is 20.8 Å². The van der Waals surface area contributed by atoms with E-state index in [0.29, 0.717) is 12.2 Å². The summed E-state index contributed by atoms with van der Waals surface area (Å²) in [5.41, 5.74) is 0.659. The fourth-order valence-electron chi connectivity index (χ4n) is 1.47. The lowest BCUT2D eigenvalue weighted by molar-refractivity contribution is -0.0509. The van der Waals surface area contributed by atoms with Crippen LogP contribution in [0.2, 0.25) is 0 Å². The topological polar surface area (TPSA) is 30.5 Å². The van der Waals surface area contributed by atoms with Gasteiger partial charge in [-0.2, -0.15) is 8.78 Å². The predicted molar refractivity (Wildman–Crippen MR) is 56.8 cm³/mol. The molecule has 1 atom stereocenters. The maximum Gasteiger partial charge on any atom is 0.387 e. The van der Waals surface area contributed by atoms with Crippen LogP contribution >= 0.6 is 0 Å². The second-order valence-electron chi connectivity index (χ2n) is 3.21. The number of rotatable bonds is 6. The lowest BCUT2D eigenvalue weighted by Crippen LogP contribution is -2.22. The molecule has 1 aromatic carbocycles. The normalized spacial score (nSPS) is 12.8. The number of likely N-dealkylation sites (N-methyl/N-ethyl adjacent to an activating group) is 1. The smallest absolute Gasteiger partial charge is 0.387 e. The first-order valence-electron chi connectivity index (χ1n) is 4.89. The van der Waals surface area contributed by atoms with E-state index in [1.54, 1.807) is 32.4 Å². The van der Waals surface area contributed by atoms with Crippen molar-refractivity contribution in [3.8, 4) is 5.75 Å². The summed E-state index contributed by atoms with van der Waals surface area (Å²) in [5.74, 6) is 0.175. The summed E-state index contributed by atoms with van der Waals surface area (Å²) in [5, 5.41) is 2.98. The minimum absolute atomic E-state index is 0.167. The van der Waals surface area contributed by atoms with E-state index in [-0.39, 0.29) is 11.8 Å². The van der Waals surface area contributed by atoms with Crippen LogP contribution in [-0.2, 0) is 4.74 Å². The molecule has 0 aliphatic rings. The Morgan fingerprint density at radius 1 is 1.31 bits per heavy atom. The minimum atomic E-state index is -2.82. The van der Waals surface area contributed by atoms with E-state index in [1.165, 1.54) is 6.07 Å². The van der Waals surface area contributed by atoms with Gasteiger partial charge in [0, 0.05) is 12.7 Å². The number of hydrogen-bond donors (Lipinski definition) is 1. The molecular weight excluding hydrogens is 216 g/mol. The molecule has 16 heavy (non-hydrogen) atoms. The molecule has 0 aromatic heterocycles. The number of alkyl halides is 2. The molecule has 0 saturated heterocycles. The van der Waals surface area contributed by atoms with Gasteiger partial charge in [0.1, 0.15) is 5.75 Å². The van der Waals surface area contributed by atoms with Crippen molar-refractivity contribution in [3.05, 3.63) is 29.8 Å². The summed E-state index contributed by atoms with van der Waals surface area (Å²) >= 11 is 0. The van der Waals surface area contributed by atoms with Crippen LogP contribution in [0.1, 0.15) is 11.6 Å². The Kier molecular flexibility index (Phi) is 5.14. The highest BCUT2D eigenvalue weighted by Crippen LogP contribution is 2.26. The monoisotopic (exact) mass is 231 g/mol. The second-order valence-corrected chi connectivity index (χ2v) is 3.21. The second kappa shape index (κ2) is 6.40. The standard InChI is InChI=1S/C11H15F2NO2/c1-14-9(7-15-2)8-5-3-4-6-10(8)16-11(12)13/h3-6,9,11,14H,7H2,1-2H3. The van der Waals surface area contributed by atoms with Gasteiger partial charge >= 0.3 is 6.61 Å². The van der Waals surface area contributed by atoms with Crippen LogP contribution in [0.5, 0.6) is 5.75 Å². The van der Waals surface area contributed by atoms with Gasteiger partial charge in [0.25, 0.3) is 0 Å². The summed E-state index contributed by atoms with van der Waals surface area (Å²) in [4.78, 5) is 0. The Labute approximate surface area is 93.4 Å². The molecule has 5 heteroatoms. The third-order valence-corrected chi connectivity index (χ3v) is 2.19. The maximum atomic E-state index is 12.2. The molecule has 0 heterocycles. The zero-order valence-corrected chi connectivity index (χ0v) is 9.24. The first kappa shape index (κ1) is 12.9. The Morgan fingerprint density at radius 3 is 2.56 bits per heavy atom. The molecular formula is C11H15F2NO2. The fourth-order valence-corrected chi connectivity index (χ4v) is 1.47. The van der Waals surface area contributed by atoms with E-state index < -0.39 is 6.61 Å². The van der Waals surface area contributed by atoms with E-state index >= 15 is 0 Å². The fraction of sp³-hybridized carbons (Fsp3) is 0.455. The first-order chi connectivity index (χ1) is 7.69. The molecule has 1 aromatic rings. The van der Waals surface area contributed by atoms with Gasteiger partial charge in [0.05, 0.1) is 12.6 Å². The molecule has 0 bridgehead atoms. The van der Waals surface area contributed by atoms with Crippen molar-refractivity contribution in [3.63, 3.8) is 0 Å². The molecule has 0 radical (unpaired) electrons. The van der Waals surface area contributed by atoms with Gasteiger partial charge in [-0.1, -0.05) is 18.2 Å². The van der Waals surface area contributed by atoms with E-state index in [1.807, 2.05) is 0 Å². The van der Waals surface area contributed by atoms with Crippen LogP contribution in [0.3, 0.4) is 0 Å². The summed E-state index contributed by atoms with van der Waals surface area (Å²) in [6.07, 6.45) is 0. The van der Waals surface area contributed by atoms with Gasteiger partial charge in [-0.25, -0.2) is 0 Å². The molecule has 0 fully saturated rings. The van der Waals surface area contributed by atoms with Crippen LogP contribution in [0.25, 0.3) is 0 Å². The summed E-state index contributed by atoms with van der Waals surface area (Å²) in [6, 6.07) is 6.51. The number of para-hydroxylation sites is 1. The van der Waals surface area contributed by atoms with Gasteiger partial charge in [0.15, 0.2) is 0 Å². The van der Waals surface area contributed by atoms with Crippen LogP contribution in [0.15, 0.2) is 24.3 Å². The first-order valence-corrected chi connectivity index (χ1v) is 4.89. The number of nitrogens with one attached hydrogen (secondary N) is 1. The Bertz CT molecular complexity index is 321. The number of halogens is 2. The van der Waals surface area contributed by atoms with Crippen molar-refractivity contribution in [1.82, 2.24) is 5.32 Å². The van der Waals surface area contributed by atoms with Crippen LogP contribution in [0, 0.1) is 0 Å². The molecule has 1 N–H and O–H groups in total. The van der Waals surface area contributed by atoms with Gasteiger partial charge in [0.2, 0.25) is 0 Å². The van der Waals surface area contributed by atoms with Gasteiger partial charge in [-0.3, -0.25) is 0 Å². The van der Waals surface area contributed by atoms with Crippen molar-refractivity contribution in [2.45, 2.75) is 12.7 Å². The highest BCUT2D eigenvalue weighted by atomic mass is 19.3. The Hall–Kier alpha value is -1.20. The van der Waals surface area contributed by atoms with E-state index in [4.69, 9.17) is 4.74 Å². The van der Waals surface area contributed by atoms with Crippen LogP contribution in [-0.4, -0.2) is 27.4 Å². The molecule has 0 saturated carbocycles. The van der Waals surface area contributed by atoms with E-state index in [9.17, 15) is 8.78 Å². The molecule has 0 aliphatic heterocycles. The lowest BCUT2D eigenvalue weighted by atomic mass is 10.1. The molecule has 1 unspecified atom stereocenters. The average molecular weight is 231 g/mol. The van der Waals surface area contributed by atoms with Crippen molar-refractivity contribution >= 4 is 0 Å². The number of ether oxygens (including phenoxy) is 2. The van der Waals surface area contributed by atoms with Crippen LogP contribution in [0.4, 0.5) is 8.78 Å². The lowest BCUT2D eigenvalue weighted by Gasteiger charge is -2.19. The third kappa shape index (κ3) is 3.43. The van der Waals surface area contributed by atoms with Gasteiger partial charge in [-0.15, -0.1) is 0 Å². The van der Waals surface area contributed by atoms with Crippen LogP contribution < -0.4 is 10.1 Å². The summed E-state index contributed by atoms with van der Waals surface area (Å²) in [6.45, 7) is -2.43. The third-order valence-electron chi connectivity index (χ3n) is 2.19. The highest BCUT2D eigenvalue weighted by molar-refractivity contribution is 5.36. The van der Waals surface area contributed by atoms with E-state index in [2.05, 4.69) is 10.1 Å². The summed E-state index contributed by atoms with van der Waals surface area (Å²) < 4.78 is 33.8. The van der Waals surface area contributed by atoms with E-state index in [0.717, 1.165) is 0 Å². The molecule has 1 rings (SSSR count). The molecule has 0 aliphatic carbocycles. The minimum Gasteiger partial charge on any atom is -0.434 e. The zero-order valence-electron chi connectivity index (χ0n) is 9.24. The number of methoxy groups -OCH3 is 1. The largest absolute Gasteiger partial charge is 0.434 e. The zero-order chi connectivity index (χ0) is 12.0. The molecule has 90 valence electrons. The SMILES string of the molecule is CNC(COC)c1ccccc1OC(F)F. The predicted octanol–water partition coefficient (Wildman–Crippen LogP) is 2.19. The van der Waals surface area contributed by atoms with Crippen molar-refractivity contribution < 1.29 is 18.3 Å². The summed E-state index contributed by atoms with van der Waals surface area (Å²) in [7, 11) is 3.30.